The molecule has 0 amide bonds. The van der Waals surface area contributed by atoms with Crippen LogP contribution in [0, 0.1) is 0 Å². The molecule has 5 rings (SSSR count). The fourth-order valence-corrected chi connectivity index (χ4v) is 3.72. The Labute approximate surface area is 138 Å². The maximum absolute atomic E-state index is 11.5. The van der Waals surface area contributed by atoms with Gasteiger partial charge in [0.25, 0.3) is 0 Å². The van der Waals surface area contributed by atoms with E-state index in [9.17, 15) is 4.79 Å². The molecule has 0 bridgehead atoms. The SMILES string of the molecule is CC(=O)Oc1cc2c(c3c1=Cc1ccc4ccccc4c1-3)COC=2. The third kappa shape index (κ3) is 1.75. The second kappa shape index (κ2) is 4.71. The van der Waals surface area contributed by atoms with Crippen LogP contribution < -0.4 is 15.2 Å². The molecule has 0 saturated carbocycles. The molecular formula is C21H14O3. The van der Waals surface area contributed by atoms with Gasteiger partial charge < -0.3 is 9.47 Å². The molecule has 0 N–H and O–H groups in total. The topological polar surface area (TPSA) is 35.5 Å². The maximum Gasteiger partial charge on any atom is 0.308 e. The summed E-state index contributed by atoms with van der Waals surface area (Å²) in [7, 11) is 0. The molecule has 1 heterocycles. The van der Waals surface area contributed by atoms with Gasteiger partial charge in [-0.1, -0.05) is 36.4 Å². The summed E-state index contributed by atoms with van der Waals surface area (Å²) in [6, 6.07) is 14.5. The maximum atomic E-state index is 11.5. The lowest BCUT2D eigenvalue weighted by Gasteiger charge is -2.11. The van der Waals surface area contributed by atoms with Crippen LogP contribution in [0.15, 0.2) is 42.5 Å². The highest BCUT2D eigenvalue weighted by molar-refractivity contribution is 6.04. The van der Waals surface area contributed by atoms with Crippen molar-refractivity contribution in [1.29, 1.82) is 0 Å². The van der Waals surface area contributed by atoms with E-state index in [-0.39, 0.29) is 5.97 Å². The summed E-state index contributed by atoms with van der Waals surface area (Å²) < 4.78 is 11.0. The number of benzene rings is 3. The molecule has 0 spiro atoms. The van der Waals surface area contributed by atoms with Gasteiger partial charge in [0.2, 0.25) is 0 Å². The van der Waals surface area contributed by atoms with Gasteiger partial charge in [0.1, 0.15) is 12.4 Å². The first-order valence-corrected chi connectivity index (χ1v) is 7.92. The molecular weight excluding hydrogens is 300 g/mol. The molecule has 24 heavy (non-hydrogen) atoms. The van der Waals surface area contributed by atoms with Gasteiger partial charge in [-0.2, -0.15) is 0 Å². The molecule has 0 unspecified atom stereocenters. The molecule has 0 atom stereocenters. The zero-order valence-electron chi connectivity index (χ0n) is 13.1. The van der Waals surface area contributed by atoms with E-state index in [1.165, 1.54) is 23.3 Å². The summed E-state index contributed by atoms with van der Waals surface area (Å²) in [5.41, 5.74) is 4.64. The van der Waals surface area contributed by atoms with E-state index >= 15 is 0 Å². The first-order chi connectivity index (χ1) is 11.7. The molecule has 3 nitrogen and oxygen atoms in total. The molecule has 2 aliphatic rings. The van der Waals surface area contributed by atoms with Crippen LogP contribution in [0.3, 0.4) is 0 Å². The van der Waals surface area contributed by atoms with Crippen LogP contribution in [0.5, 0.6) is 5.75 Å². The van der Waals surface area contributed by atoms with Crippen LogP contribution in [-0.2, 0) is 16.1 Å². The summed E-state index contributed by atoms with van der Waals surface area (Å²) in [6.07, 6.45) is 3.85. The molecule has 3 aromatic carbocycles. The van der Waals surface area contributed by atoms with Crippen molar-refractivity contribution in [2.45, 2.75) is 13.5 Å². The van der Waals surface area contributed by atoms with Gasteiger partial charge in [0.15, 0.2) is 0 Å². The molecule has 3 aromatic rings. The van der Waals surface area contributed by atoms with E-state index in [2.05, 4.69) is 36.4 Å². The molecule has 116 valence electrons. The summed E-state index contributed by atoms with van der Waals surface area (Å²) in [4.78, 5) is 11.5. The van der Waals surface area contributed by atoms with Crippen molar-refractivity contribution in [3.05, 3.63) is 64.0 Å². The molecule has 0 fully saturated rings. The quantitative estimate of drug-likeness (QED) is 0.400. The van der Waals surface area contributed by atoms with E-state index in [1.807, 2.05) is 12.1 Å². The van der Waals surface area contributed by atoms with Crippen LogP contribution in [-0.4, -0.2) is 5.97 Å². The monoisotopic (exact) mass is 314 g/mol. The summed E-state index contributed by atoms with van der Waals surface area (Å²) in [5, 5.41) is 4.36. The first-order valence-electron chi connectivity index (χ1n) is 7.92. The minimum Gasteiger partial charge on any atom is -0.496 e. The van der Waals surface area contributed by atoms with Crippen molar-refractivity contribution < 1.29 is 14.3 Å². The average molecular weight is 314 g/mol. The van der Waals surface area contributed by atoms with Crippen LogP contribution >= 0.6 is 0 Å². The van der Waals surface area contributed by atoms with Gasteiger partial charge in [0, 0.05) is 28.5 Å². The lowest BCUT2D eigenvalue weighted by molar-refractivity contribution is -0.131. The Kier molecular flexibility index (Phi) is 2.63. The summed E-state index contributed by atoms with van der Waals surface area (Å²) >= 11 is 0. The minimum absolute atomic E-state index is 0.315. The molecule has 0 saturated heterocycles. The van der Waals surface area contributed by atoms with Gasteiger partial charge in [-0.3, -0.25) is 4.79 Å². The normalized spacial score (nSPS) is 13.4. The minimum atomic E-state index is -0.315. The van der Waals surface area contributed by atoms with E-state index in [1.54, 1.807) is 6.26 Å². The van der Waals surface area contributed by atoms with Gasteiger partial charge >= 0.3 is 5.97 Å². The van der Waals surface area contributed by atoms with E-state index < -0.39 is 0 Å². The van der Waals surface area contributed by atoms with Crippen molar-refractivity contribution in [2.75, 3.05) is 0 Å². The number of esters is 1. The lowest BCUT2D eigenvalue weighted by Crippen LogP contribution is -2.19. The number of ether oxygens (including phenoxy) is 2. The smallest absolute Gasteiger partial charge is 0.308 e. The van der Waals surface area contributed by atoms with E-state index in [0.717, 1.165) is 27.1 Å². The van der Waals surface area contributed by atoms with Gasteiger partial charge in [-0.15, -0.1) is 0 Å². The highest BCUT2D eigenvalue weighted by Gasteiger charge is 2.24. The van der Waals surface area contributed by atoms with Crippen LogP contribution in [0.1, 0.15) is 18.1 Å². The Hall–Kier alpha value is -3.07. The van der Waals surface area contributed by atoms with Gasteiger partial charge in [-0.05, 0) is 34.0 Å². The highest BCUT2D eigenvalue weighted by Crippen LogP contribution is 2.37. The summed E-state index contributed by atoms with van der Waals surface area (Å²) in [6.45, 7) is 1.98. The zero-order chi connectivity index (χ0) is 16.3. The van der Waals surface area contributed by atoms with Crippen LogP contribution in [0.25, 0.3) is 34.2 Å². The first kappa shape index (κ1) is 13.4. The average Bonchev–Trinajstić information content (AvgIpc) is 3.17. The van der Waals surface area contributed by atoms with Crippen molar-refractivity contribution in [3.63, 3.8) is 0 Å². The van der Waals surface area contributed by atoms with Crippen molar-refractivity contribution >= 4 is 29.1 Å². The highest BCUT2D eigenvalue weighted by atomic mass is 16.5. The van der Waals surface area contributed by atoms with Gasteiger partial charge in [0.05, 0.1) is 6.26 Å². The number of carbonyl (C=O) groups excluding carboxylic acids is 1. The lowest BCUT2D eigenvalue weighted by atomic mass is 9.93. The Morgan fingerprint density at radius 3 is 2.88 bits per heavy atom. The number of hydrogen-bond donors (Lipinski definition) is 0. The van der Waals surface area contributed by atoms with Crippen molar-refractivity contribution in [2.24, 2.45) is 0 Å². The number of rotatable bonds is 1. The molecule has 1 aliphatic heterocycles. The van der Waals surface area contributed by atoms with E-state index in [4.69, 9.17) is 9.47 Å². The Morgan fingerprint density at radius 2 is 2.00 bits per heavy atom. The van der Waals surface area contributed by atoms with Crippen molar-refractivity contribution in [1.82, 2.24) is 0 Å². The van der Waals surface area contributed by atoms with Crippen LogP contribution in [0.4, 0.5) is 0 Å². The fraction of sp³-hybridized carbons (Fsp3) is 0.0952. The largest absolute Gasteiger partial charge is 0.496 e. The van der Waals surface area contributed by atoms with Gasteiger partial charge in [-0.25, -0.2) is 0 Å². The standard InChI is InChI=1S/C21H14O3/c1-12(22)24-19-9-15-10-23-11-18(15)21-17(19)8-14-7-6-13-4-2-3-5-16(13)20(14)21/h2-10H,11H2,1H3. The third-order valence-electron chi connectivity index (χ3n) is 4.67. The Bertz CT molecular complexity index is 1160. The predicted octanol–water partition coefficient (Wildman–Crippen LogP) is 2.84. The second-order valence-corrected chi connectivity index (χ2v) is 6.15. The van der Waals surface area contributed by atoms with E-state index in [0.29, 0.717) is 12.4 Å². The Morgan fingerprint density at radius 1 is 1.12 bits per heavy atom. The number of hydrogen-bond acceptors (Lipinski definition) is 3. The van der Waals surface area contributed by atoms with Crippen molar-refractivity contribution in [3.8, 4) is 16.9 Å². The molecule has 0 aromatic heterocycles. The number of carbonyl (C=O) groups is 1. The molecule has 1 aliphatic carbocycles. The fourth-order valence-electron chi connectivity index (χ4n) is 3.72. The number of fused-ring (bicyclic) bond motifs is 7. The second-order valence-electron chi connectivity index (χ2n) is 6.15. The molecule has 0 radical (unpaired) electrons. The summed E-state index contributed by atoms with van der Waals surface area (Å²) in [5.74, 6) is 0.281. The molecule has 3 heteroatoms. The zero-order valence-corrected chi connectivity index (χ0v) is 13.1. The van der Waals surface area contributed by atoms with Crippen LogP contribution in [0.2, 0.25) is 0 Å². The third-order valence-corrected chi connectivity index (χ3v) is 4.67. The predicted molar refractivity (Wildman–Crippen MR) is 92.8 cm³/mol. The Balaban J connectivity index is 1.93.